The minimum atomic E-state index is -4.60. The Balaban J connectivity index is 4.42. The summed E-state index contributed by atoms with van der Waals surface area (Å²) in [5.74, 6) is -0.938. The van der Waals surface area contributed by atoms with Crippen molar-refractivity contribution in [1.82, 2.24) is 0 Å². The molecular formula is C33H63O10P. The average Bonchev–Trinajstić information content (AvgIpc) is 3.00. The number of rotatable bonds is 32. The Morgan fingerprint density at radius 3 is 1.68 bits per heavy atom. The van der Waals surface area contributed by atoms with Crippen LogP contribution in [0.2, 0.25) is 0 Å². The van der Waals surface area contributed by atoms with E-state index in [0.717, 1.165) is 57.8 Å². The molecular weight excluding hydrogens is 587 g/mol. The summed E-state index contributed by atoms with van der Waals surface area (Å²) >= 11 is 0. The van der Waals surface area contributed by atoms with Crippen molar-refractivity contribution >= 4 is 19.8 Å². The van der Waals surface area contributed by atoms with Crippen LogP contribution in [-0.2, 0) is 32.7 Å². The fourth-order valence-corrected chi connectivity index (χ4v) is 5.25. The lowest BCUT2D eigenvalue weighted by atomic mass is 10.1. The summed E-state index contributed by atoms with van der Waals surface area (Å²) in [5.41, 5.74) is 0. The highest BCUT2D eigenvalue weighted by Crippen LogP contribution is 2.43. The molecule has 0 fully saturated rings. The van der Waals surface area contributed by atoms with Gasteiger partial charge in [0.15, 0.2) is 6.10 Å². The first kappa shape index (κ1) is 42.7. The zero-order chi connectivity index (χ0) is 32.7. The first-order valence-electron chi connectivity index (χ1n) is 17.1. The van der Waals surface area contributed by atoms with Gasteiger partial charge in [0, 0.05) is 12.8 Å². The van der Waals surface area contributed by atoms with Crippen LogP contribution in [0.5, 0.6) is 0 Å². The Morgan fingerprint density at radius 1 is 0.659 bits per heavy atom. The molecule has 0 aliphatic rings. The molecule has 3 atom stereocenters. The number of phosphoric acid groups is 1. The van der Waals surface area contributed by atoms with Crippen molar-refractivity contribution in [2.75, 3.05) is 26.4 Å². The number of hydrogen-bond acceptors (Lipinski definition) is 9. The number of carbonyl (C=O) groups excluding carboxylic acids is 2. The molecule has 260 valence electrons. The van der Waals surface area contributed by atoms with Crippen molar-refractivity contribution < 1.29 is 47.8 Å². The maximum Gasteiger partial charge on any atom is 0.472 e. The number of hydrogen-bond donors (Lipinski definition) is 3. The van der Waals surface area contributed by atoms with Gasteiger partial charge in [-0.2, -0.15) is 0 Å². The zero-order valence-corrected chi connectivity index (χ0v) is 28.5. The van der Waals surface area contributed by atoms with Gasteiger partial charge in [-0.3, -0.25) is 18.6 Å². The Hall–Kier alpha value is -1.29. The maximum absolute atomic E-state index is 12.4. The predicted molar refractivity (Wildman–Crippen MR) is 173 cm³/mol. The third kappa shape index (κ3) is 29.4. The molecule has 0 heterocycles. The van der Waals surface area contributed by atoms with Gasteiger partial charge in [-0.25, -0.2) is 4.57 Å². The number of unbranched alkanes of at least 4 members (excludes halogenated alkanes) is 16. The summed E-state index contributed by atoms with van der Waals surface area (Å²) in [5, 5.41) is 18.2. The smallest absolute Gasteiger partial charge is 0.462 e. The minimum Gasteiger partial charge on any atom is -0.462 e. The summed E-state index contributed by atoms with van der Waals surface area (Å²) in [6, 6.07) is 0. The fourth-order valence-electron chi connectivity index (χ4n) is 4.46. The average molecular weight is 651 g/mol. The summed E-state index contributed by atoms with van der Waals surface area (Å²) in [4.78, 5) is 34.6. The predicted octanol–water partition coefficient (Wildman–Crippen LogP) is 7.72. The number of aliphatic hydroxyl groups is 2. The lowest BCUT2D eigenvalue weighted by molar-refractivity contribution is -0.161. The Kier molecular flexibility index (Phi) is 29.5. The monoisotopic (exact) mass is 650 g/mol. The first-order chi connectivity index (χ1) is 21.2. The standard InChI is InChI=1S/C33H63O10P/c1-3-5-7-9-11-13-14-15-17-18-20-22-24-32(36)40-28-31(29-42-44(38,39)41-27-30(35)26-34)43-33(37)25-23-21-19-16-12-10-8-6-4-2/h11,13,30-31,34-35H,3-10,12,14-29H2,1-2H3,(H,38,39)/b13-11-/t30-,31+/m0/s1. The van der Waals surface area contributed by atoms with Crippen molar-refractivity contribution in [2.45, 2.75) is 161 Å². The number of ether oxygens (including phenoxy) is 2. The molecule has 0 bridgehead atoms. The van der Waals surface area contributed by atoms with Gasteiger partial charge >= 0.3 is 19.8 Å². The SMILES string of the molecule is CCCCC/C=C\CCCCCCCC(=O)OC[C@H](COP(=O)(O)OC[C@@H](O)CO)OC(=O)CCCCCCCCCCC. The molecule has 44 heavy (non-hydrogen) atoms. The van der Waals surface area contributed by atoms with Crippen LogP contribution >= 0.6 is 7.82 Å². The molecule has 0 rings (SSSR count). The molecule has 0 aliphatic heterocycles. The van der Waals surface area contributed by atoms with E-state index in [4.69, 9.17) is 19.1 Å². The second-order valence-corrected chi connectivity index (χ2v) is 13.0. The van der Waals surface area contributed by atoms with E-state index in [0.29, 0.717) is 12.8 Å². The van der Waals surface area contributed by atoms with Crippen LogP contribution in [0.3, 0.4) is 0 Å². The van der Waals surface area contributed by atoms with Crippen LogP contribution in [0, 0.1) is 0 Å². The topological polar surface area (TPSA) is 149 Å². The van der Waals surface area contributed by atoms with Crippen molar-refractivity contribution in [1.29, 1.82) is 0 Å². The molecule has 0 amide bonds. The van der Waals surface area contributed by atoms with Crippen LogP contribution in [-0.4, -0.2) is 65.7 Å². The summed E-state index contributed by atoms with van der Waals surface area (Å²) in [6.07, 6.45) is 23.4. The van der Waals surface area contributed by atoms with E-state index >= 15 is 0 Å². The molecule has 0 saturated heterocycles. The molecule has 0 aromatic heterocycles. The third-order valence-electron chi connectivity index (χ3n) is 7.17. The van der Waals surface area contributed by atoms with Crippen molar-refractivity contribution in [3.05, 3.63) is 12.2 Å². The Labute approximate surface area is 266 Å². The van der Waals surface area contributed by atoms with Gasteiger partial charge in [-0.15, -0.1) is 0 Å². The van der Waals surface area contributed by atoms with E-state index in [1.807, 2.05) is 0 Å². The number of allylic oxidation sites excluding steroid dienone is 2. The fraction of sp³-hybridized carbons (Fsp3) is 0.879. The van der Waals surface area contributed by atoms with Gasteiger partial charge < -0.3 is 24.6 Å². The van der Waals surface area contributed by atoms with E-state index in [9.17, 15) is 24.2 Å². The molecule has 0 aliphatic carbocycles. The van der Waals surface area contributed by atoms with Crippen molar-refractivity contribution in [3.8, 4) is 0 Å². The van der Waals surface area contributed by atoms with Crippen LogP contribution < -0.4 is 0 Å². The molecule has 0 aromatic rings. The summed E-state index contributed by atoms with van der Waals surface area (Å²) in [7, 11) is -4.60. The van der Waals surface area contributed by atoms with E-state index in [1.165, 1.54) is 51.4 Å². The quantitative estimate of drug-likeness (QED) is 0.0286. The van der Waals surface area contributed by atoms with Gasteiger partial charge in [0.1, 0.15) is 12.7 Å². The zero-order valence-electron chi connectivity index (χ0n) is 27.6. The number of aliphatic hydroxyl groups excluding tert-OH is 2. The van der Waals surface area contributed by atoms with Crippen LogP contribution in [0.25, 0.3) is 0 Å². The van der Waals surface area contributed by atoms with Crippen molar-refractivity contribution in [3.63, 3.8) is 0 Å². The molecule has 3 N–H and O–H groups in total. The van der Waals surface area contributed by atoms with Gasteiger partial charge in [-0.05, 0) is 38.5 Å². The van der Waals surface area contributed by atoms with Gasteiger partial charge in [0.25, 0.3) is 0 Å². The lowest BCUT2D eigenvalue weighted by Crippen LogP contribution is -2.29. The normalized spacial score (nSPS) is 14.4. The molecule has 0 aromatic carbocycles. The van der Waals surface area contributed by atoms with Gasteiger partial charge in [-0.1, -0.05) is 109 Å². The molecule has 11 heteroatoms. The number of carbonyl (C=O) groups is 2. The minimum absolute atomic E-state index is 0.185. The highest BCUT2D eigenvalue weighted by molar-refractivity contribution is 7.47. The van der Waals surface area contributed by atoms with Crippen LogP contribution in [0.4, 0.5) is 0 Å². The maximum atomic E-state index is 12.4. The van der Waals surface area contributed by atoms with E-state index in [2.05, 4.69) is 30.5 Å². The highest BCUT2D eigenvalue weighted by Gasteiger charge is 2.27. The largest absolute Gasteiger partial charge is 0.472 e. The molecule has 10 nitrogen and oxygen atoms in total. The molecule has 1 unspecified atom stereocenters. The van der Waals surface area contributed by atoms with Crippen molar-refractivity contribution in [2.24, 2.45) is 0 Å². The molecule has 0 saturated carbocycles. The Bertz CT molecular complexity index is 761. The molecule has 0 spiro atoms. The highest BCUT2D eigenvalue weighted by atomic mass is 31.2. The summed E-state index contributed by atoms with van der Waals surface area (Å²) in [6.45, 7) is 2.29. The third-order valence-corrected chi connectivity index (χ3v) is 8.12. The van der Waals surface area contributed by atoms with Gasteiger partial charge in [0.05, 0.1) is 19.8 Å². The lowest BCUT2D eigenvalue weighted by Gasteiger charge is -2.20. The Morgan fingerprint density at radius 2 is 1.11 bits per heavy atom. The van der Waals surface area contributed by atoms with Crippen LogP contribution in [0.1, 0.15) is 149 Å². The first-order valence-corrected chi connectivity index (χ1v) is 18.6. The van der Waals surface area contributed by atoms with E-state index < -0.39 is 51.8 Å². The van der Waals surface area contributed by atoms with E-state index in [-0.39, 0.29) is 19.4 Å². The van der Waals surface area contributed by atoms with Crippen LogP contribution in [0.15, 0.2) is 12.2 Å². The summed E-state index contributed by atoms with van der Waals surface area (Å²) < 4.78 is 32.4. The second-order valence-electron chi connectivity index (χ2n) is 11.5. The van der Waals surface area contributed by atoms with Gasteiger partial charge in [0.2, 0.25) is 0 Å². The van der Waals surface area contributed by atoms with E-state index in [1.54, 1.807) is 0 Å². The second kappa shape index (κ2) is 30.4. The number of esters is 2. The number of phosphoric ester groups is 1. The molecule has 0 radical (unpaired) electrons.